The van der Waals surface area contributed by atoms with Crippen LogP contribution in [0.4, 0.5) is 5.69 Å². The molecule has 0 saturated heterocycles. The summed E-state index contributed by atoms with van der Waals surface area (Å²) in [5.41, 5.74) is 2.77. The Labute approximate surface area is 134 Å². The second-order valence-corrected chi connectivity index (χ2v) is 5.43. The van der Waals surface area contributed by atoms with E-state index in [9.17, 15) is 9.59 Å². The molecule has 0 atom stereocenters. The highest BCUT2D eigenvalue weighted by atomic mass is 35.5. The quantitative estimate of drug-likeness (QED) is 0.832. The third-order valence-corrected chi connectivity index (χ3v) is 3.31. The number of benzene rings is 2. The van der Waals surface area contributed by atoms with E-state index in [1.807, 2.05) is 31.2 Å². The Morgan fingerprint density at radius 2 is 1.59 bits per heavy atom. The fourth-order valence-corrected chi connectivity index (χ4v) is 1.98. The minimum absolute atomic E-state index is 0.214. The Balaban J connectivity index is 1.77. The van der Waals surface area contributed by atoms with Gasteiger partial charge in [-0.05, 0) is 36.8 Å². The van der Waals surface area contributed by atoms with Crippen molar-refractivity contribution >= 4 is 29.1 Å². The van der Waals surface area contributed by atoms with E-state index in [-0.39, 0.29) is 18.2 Å². The zero-order valence-corrected chi connectivity index (χ0v) is 13.0. The topological polar surface area (TPSA) is 58.2 Å². The van der Waals surface area contributed by atoms with Gasteiger partial charge in [-0.1, -0.05) is 41.4 Å². The smallest absolute Gasteiger partial charge is 0.233 e. The molecule has 114 valence electrons. The van der Waals surface area contributed by atoms with Gasteiger partial charge in [0.1, 0.15) is 6.42 Å². The van der Waals surface area contributed by atoms with E-state index in [1.165, 1.54) is 0 Å². The van der Waals surface area contributed by atoms with Crippen molar-refractivity contribution in [3.63, 3.8) is 0 Å². The Bertz CT molecular complexity index is 651. The summed E-state index contributed by atoms with van der Waals surface area (Å²) in [4.78, 5) is 23.5. The number of aryl methyl sites for hydroxylation is 1. The lowest BCUT2D eigenvalue weighted by Gasteiger charge is -2.07. The molecular formula is C17H17ClN2O2. The maximum atomic E-state index is 11.8. The standard InChI is InChI=1S/C17H17ClN2O2/c1-12-2-4-13(5-3-12)11-19-16(21)10-17(22)20-15-8-6-14(18)7-9-15/h2-9H,10-11H2,1H3,(H,19,21)(H,20,22). The van der Waals surface area contributed by atoms with Crippen LogP contribution >= 0.6 is 11.6 Å². The molecule has 0 aliphatic rings. The van der Waals surface area contributed by atoms with Crippen molar-refractivity contribution in [3.05, 3.63) is 64.7 Å². The van der Waals surface area contributed by atoms with Crippen LogP contribution in [0.5, 0.6) is 0 Å². The predicted molar refractivity (Wildman–Crippen MR) is 87.7 cm³/mol. The largest absolute Gasteiger partial charge is 0.352 e. The Hall–Kier alpha value is -2.33. The average molecular weight is 317 g/mol. The molecule has 2 N–H and O–H groups in total. The van der Waals surface area contributed by atoms with Gasteiger partial charge in [-0.15, -0.1) is 0 Å². The van der Waals surface area contributed by atoms with Crippen LogP contribution in [0.25, 0.3) is 0 Å². The maximum absolute atomic E-state index is 11.8. The molecule has 0 aromatic heterocycles. The first kappa shape index (κ1) is 16.0. The van der Waals surface area contributed by atoms with E-state index in [4.69, 9.17) is 11.6 Å². The minimum atomic E-state index is -0.358. The van der Waals surface area contributed by atoms with Crippen LogP contribution in [0.3, 0.4) is 0 Å². The third-order valence-electron chi connectivity index (χ3n) is 3.06. The molecular weight excluding hydrogens is 300 g/mol. The van der Waals surface area contributed by atoms with E-state index in [2.05, 4.69) is 10.6 Å². The lowest BCUT2D eigenvalue weighted by atomic mass is 10.1. The molecule has 2 rings (SSSR count). The molecule has 5 heteroatoms. The van der Waals surface area contributed by atoms with E-state index in [1.54, 1.807) is 24.3 Å². The SMILES string of the molecule is Cc1ccc(CNC(=O)CC(=O)Nc2ccc(Cl)cc2)cc1. The van der Waals surface area contributed by atoms with Crippen molar-refractivity contribution in [2.45, 2.75) is 19.9 Å². The maximum Gasteiger partial charge on any atom is 0.233 e. The van der Waals surface area contributed by atoms with Crippen molar-refractivity contribution in [1.29, 1.82) is 0 Å². The fraction of sp³-hybridized carbons (Fsp3) is 0.176. The zero-order valence-electron chi connectivity index (χ0n) is 12.2. The highest BCUT2D eigenvalue weighted by Crippen LogP contribution is 2.13. The molecule has 0 heterocycles. The fourth-order valence-electron chi connectivity index (χ4n) is 1.85. The Morgan fingerprint density at radius 1 is 0.955 bits per heavy atom. The summed E-state index contributed by atoms with van der Waals surface area (Å²) in [6.45, 7) is 2.41. The van der Waals surface area contributed by atoms with Gasteiger partial charge < -0.3 is 10.6 Å². The highest BCUT2D eigenvalue weighted by molar-refractivity contribution is 6.30. The van der Waals surface area contributed by atoms with Crippen LogP contribution in [-0.4, -0.2) is 11.8 Å². The van der Waals surface area contributed by atoms with Gasteiger partial charge in [-0.3, -0.25) is 9.59 Å². The van der Waals surface area contributed by atoms with Crippen LogP contribution in [0.2, 0.25) is 5.02 Å². The minimum Gasteiger partial charge on any atom is -0.352 e. The normalized spacial score (nSPS) is 10.1. The number of rotatable bonds is 5. The van der Waals surface area contributed by atoms with E-state index >= 15 is 0 Å². The Kier molecular flexibility index (Phi) is 5.55. The van der Waals surface area contributed by atoms with Crippen LogP contribution in [0.1, 0.15) is 17.5 Å². The second kappa shape index (κ2) is 7.61. The van der Waals surface area contributed by atoms with Crippen LogP contribution < -0.4 is 10.6 Å². The highest BCUT2D eigenvalue weighted by Gasteiger charge is 2.09. The lowest BCUT2D eigenvalue weighted by Crippen LogP contribution is -2.27. The summed E-state index contributed by atoms with van der Waals surface area (Å²) in [5.74, 6) is -0.671. The zero-order chi connectivity index (χ0) is 15.9. The lowest BCUT2D eigenvalue weighted by molar-refractivity contribution is -0.126. The molecule has 0 unspecified atom stereocenters. The Morgan fingerprint density at radius 3 is 2.23 bits per heavy atom. The molecule has 0 spiro atoms. The number of hydrogen-bond acceptors (Lipinski definition) is 2. The number of nitrogens with one attached hydrogen (secondary N) is 2. The van der Waals surface area contributed by atoms with Gasteiger partial charge in [0.2, 0.25) is 11.8 Å². The number of halogens is 1. The van der Waals surface area contributed by atoms with Gasteiger partial charge in [0, 0.05) is 17.3 Å². The van der Waals surface area contributed by atoms with Crippen molar-refractivity contribution in [3.8, 4) is 0 Å². The van der Waals surface area contributed by atoms with E-state index < -0.39 is 0 Å². The number of hydrogen-bond donors (Lipinski definition) is 2. The van der Waals surface area contributed by atoms with Crippen molar-refractivity contribution in [1.82, 2.24) is 5.32 Å². The summed E-state index contributed by atoms with van der Waals surface area (Å²) in [6.07, 6.45) is -0.214. The molecule has 4 nitrogen and oxygen atoms in total. The third kappa shape index (κ3) is 5.22. The van der Waals surface area contributed by atoms with Crippen molar-refractivity contribution < 1.29 is 9.59 Å². The summed E-state index contributed by atoms with van der Waals surface area (Å²) in [5, 5.41) is 5.96. The first-order chi connectivity index (χ1) is 10.5. The molecule has 0 aliphatic carbocycles. The number of amides is 2. The first-order valence-corrected chi connectivity index (χ1v) is 7.28. The molecule has 22 heavy (non-hydrogen) atoms. The van der Waals surface area contributed by atoms with Crippen molar-refractivity contribution in [2.24, 2.45) is 0 Å². The van der Waals surface area contributed by atoms with E-state index in [0.29, 0.717) is 17.3 Å². The van der Waals surface area contributed by atoms with Gasteiger partial charge in [-0.2, -0.15) is 0 Å². The second-order valence-electron chi connectivity index (χ2n) is 4.99. The van der Waals surface area contributed by atoms with Gasteiger partial charge in [0.05, 0.1) is 0 Å². The van der Waals surface area contributed by atoms with Crippen LogP contribution in [0, 0.1) is 6.92 Å². The van der Waals surface area contributed by atoms with Gasteiger partial charge in [0.25, 0.3) is 0 Å². The monoisotopic (exact) mass is 316 g/mol. The van der Waals surface area contributed by atoms with E-state index in [0.717, 1.165) is 11.1 Å². The summed E-state index contributed by atoms with van der Waals surface area (Å²) >= 11 is 5.76. The summed E-state index contributed by atoms with van der Waals surface area (Å²) < 4.78 is 0. The molecule has 0 saturated carbocycles. The number of carbonyl (C=O) groups excluding carboxylic acids is 2. The summed E-state index contributed by atoms with van der Waals surface area (Å²) in [7, 11) is 0. The van der Waals surface area contributed by atoms with Crippen molar-refractivity contribution in [2.75, 3.05) is 5.32 Å². The molecule has 2 aromatic rings. The van der Waals surface area contributed by atoms with Crippen LogP contribution in [0.15, 0.2) is 48.5 Å². The molecule has 2 amide bonds. The molecule has 0 fully saturated rings. The first-order valence-electron chi connectivity index (χ1n) is 6.90. The molecule has 0 radical (unpaired) electrons. The van der Waals surface area contributed by atoms with Crippen LogP contribution in [-0.2, 0) is 16.1 Å². The average Bonchev–Trinajstić information content (AvgIpc) is 2.49. The van der Waals surface area contributed by atoms with Gasteiger partial charge >= 0.3 is 0 Å². The molecule has 0 aliphatic heterocycles. The number of carbonyl (C=O) groups is 2. The molecule has 2 aromatic carbocycles. The van der Waals surface area contributed by atoms with Gasteiger partial charge in [-0.25, -0.2) is 0 Å². The number of anilines is 1. The summed E-state index contributed by atoms with van der Waals surface area (Å²) in [6, 6.07) is 14.6. The van der Waals surface area contributed by atoms with Gasteiger partial charge in [0.15, 0.2) is 0 Å². The molecule has 0 bridgehead atoms. The predicted octanol–water partition coefficient (Wildman–Crippen LogP) is 3.29.